The molecule has 0 saturated carbocycles. The Morgan fingerprint density at radius 2 is 2.31 bits per heavy atom. The molecule has 2 aromatic heterocycles. The van der Waals surface area contributed by atoms with E-state index in [0.29, 0.717) is 0 Å². The van der Waals surface area contributed by atoms with Gasteiger partial charge in [-0.1, -0.05) is 0 Å². The van der Waals surface area contributed by atoms with Crippen LogP contribution in [-0.2, 0) is 13.6 Å². The third-order valence-corrected chi connectivity index (χ3v) is 2.66. The van der Waals surface area contributed by atoms with Crippen LogP contribution in [0.1, 0.15) is 24.4 Å². The van der Waals surface area contributed by atoms with Gasteiger partial charge in [0.2, 0.25) is 0 Å². The Labute approximate surface area is 94.1 Å². The van der Waals surface area contributed by atoms with E-state index in [1.807, 2.05) is 29.3 Å². The third kappa shape index (κ3) is 1.72. The van der Waals surface area contributed by atoms with E-state index in [4.69, 9.17) is 5.84 Å². The van der Waals surface area contributed by atoms with Crippen LogP contribution in [0.3, 0.4) is 0 Å². The molecule has 86 valence electrons. The maximum Gasteiger partial charge on any atom is 0.104 e. The topological polar surface area (TPSA) is 73.7 Å². The summed E-state index contributed by atoms with van der Waals surface area (Å²) >= 11 is 0. The highest BCUT2D eigenvalue weighted by molar-refractivity contribution is 5.20. The molecule has 0 aliphatic rings. The molecule has 2 aromatic rings. The fourth-order valence-electron chi connectivity index (χ4n) is 1.82. The number of imidazole rings is 1. The smallest absolute Gasteiger partial charge is 0.104 e. The van der Waals surface area contributed by atoms with Gasteiger partial charge in [0.15, 0.2) is 0 Å². The van der Waals surface area contributed by atoms with Gasteiger partial charge in [0.05, 0.1) is 23.9 Å². The summed E-state index contributed by atoms with van der Waals surface area (Å²) in [5.74, 6) is 5.62. The molecule has 0 fully saturated rings. The fraction of sp³-hybridized carbons (Fsp3) is 0.400. The first kappa shape index (κ1) is 10.8. The van der Waals surface area contributed by atoms with Crippen LogP contribution < -0.4 is 11.3 Å². The molecule has 1 unspecified atom stereocenters. The molecule has 6 nitrogen and oxygen atoms in total. The number of nitrogens with two attached hydrogens (primary N) is 1. The van der Waals surface area contributed by atoms with Crippen molar-refractivity contribution in [3.63, 3.8) is 0 Å². The van der Waals surface area contributed by atoms with Crippen LogP contribution in [0, 0.1) is 0 Å². The molecule has 0 radical (unpaired) electrons. The second-order valence-electron chi connectivity index (χ2n) is 3.60. The maximum atomic E-state index is 5.62. The van der Waals surface area contributed by atoms with Crippen LogP contribution in [0.4, 0.5) is 0 Å². The standard InChI is InChI=1S/C10H16N6/c1-3-16-8(4-5-13-16)10(14-11)9-6-12-7-15(9)2/h4-7,10,14H,3,11H2,1-2H3. The summed E-state index contributed by atoms with van der Waals surface area (Å²) in [6, 6.07) is 1.87. The van der Waals surface area contributed by atoms with Gasteiger partial charge in [-0.15, -0.1) is 0 Å². The molecule has 3 N–H and O–H groups in total. The average molecular weight is 220 g/mol. The Morgan fingerprint density at radius 3 is 2.88 bits per heavy atom. The molecule has 0 saturated heterocycles. The van der Waals surface area contributed by atoms with Crippen molar-refractivity contribution in [2.24, 2.45) is 12.9 Å². The predicted octanol–water partition coefficient (Wildman–Crippen LogP) is 0.189. The van der Waals surface area contributed by atoms with Crippen molar-refractivity contribution in [1.82, 2.24) is 24.8 Å². The van der Waals surface area contributed by atoms with E-state index in [1.165, 1.54) is 0 Å². The van der Waals surface area contributed by atoms with E-state index in [9.17, 15) is 0 Å². The lowest BCUT2D eigenvalue weighted by molar-refractivity contribution is 0.525. The summed E-state index contributed by atoms with van der Waals surface area (Å²) in [6.07, 6.45) is 5.34. The number of aryl methyl sites for hydroxylation is 2. The number of aromatic nitrogens is 4. The number of nitrogens with zero attached hydrogens (tertiary/aromatic N) is 4. The lowest BCUT2D eigenvalue weighted by Gasteiger charge is -2.17. The highest BCUT2D eigenvalue weighted by Crippen LogP contribution is 2.19. The van der Waals surface area contributed by atoms with E-state index in [2.05, 4.69) is 15.5 Å². The van der Waals surface area contributed by atoms with Gasteiger partial charge in [0.25, 0.3) is 0 Å². The molecule has 2 heterocycles. The molecular weight excluding hydrogens is 204 g/mol. The first-order valence-electron chi connectivity index (χ1n) is 5.22. The summed E-state index contributed by atoms with van der Waals surface area (Å²) in [5, 5.41) is 4.23. The van der Waals surface area contributed by atoms with Crippen molar-refractivity contribution in [2.45, 2.75) is 19.5 Å². The lowest BCUT2D eigenvalue weighted by atomic mass is 10.1. The molecule has 0 aliphatic heterocycles. The van der Waals surface area contributed by atoms with E-state index in [0.717, 1.165) is 17.9 Å². The van der Waals surface area contributed by atoms with Crippen LogP contribution in [0.5, 0.6) is 0 Å². The maximum absolute atomic E-state index is 5.62. The Morgan fingerprint density at radius 1 is 1.50 bits per heavy atom. The van der Waals surface area contributed by atoms with Gasteiger partial charge >= 0.3 is 0 Å². The van der Waals surface area contributed by atoms with Gasteiger partial charge in [-0.25, -0.2) is 10.4 Å². The summed E-state index contributed by atoms with van der Waals surface area (Å²) < 4.78 is 3.86. The molecule has 2 rings (SSSR count). The van der Waals surface area contributed by atoms with E-state index in [1.54, 1.807) is 18.7 Å². The molecule has 0 spiro atoms. The molecule has 1 atom stereocenters. The lowest BCUT2D eigenvalue weighted by Crippen LogP contribution is -2.31. The van der Waals surface area contributed by atoms with Gasteiger partial charge in [-0.3, -0.25) is 10.5 Å². The second kappa shape index (κ2) is 4.46. The van der Waals surface area contributed by atoms with E-state index < -0.39 is 0 Å². The van der Waals surface area contributed by atoms with Crippen molar-refractivity contribution in [2.75, 3.05) is 0 Å². The Bertz CT molecular complexity index is 457. The minimum atomic E-state index is -0.0880. The first-order valence-corrected chi connectivity index (χ1v) is 5.22. The van der Waals surface area contributed by atoms with Crippen molar-refractivity contribution in [1.29, 1.82) is 0 Å². The zero-order valence-electron chi connectivity index (χ0n) is 9.46. The molecule has 0 aliphatic carbocycles. The van der Waals surface area contributed by atoms with Crippen molar-refractivity contribution in [3.05, 3.63) is 36.2 Å². The average Bonchev–Trinajstić information content (AvgIpc) is 2.90. The highest BCUT2D eigenvalue weighted by Gasteiger charge is 2.18. The number of nitrogens with one attached hydrogen (secondary N) is 1. The molecule has 16 heavy (non-hydrogen) atoms. The molecular formula is C10H16N6. The van der Waals surface area contributed by atoms with Gasteiger partial charge in [0, 0.05) is 19.8 Å². The van der Waals surface area contributed by atoms with Gasteiger partial charge in [-0.05, 0) is 13.0 Å². The summed E-state index contributed by atoms with van der Waals surface area (Å²) in [7, 11) is 1.94. The highest BCUT2D eigenvalue weighted by atomic mass is 15.3. The van der Waals surface area contributed by atoms with Crippen LogP contribution in [0.25, 0.3) is 0 Å². The zero-order chi connectivity index (χ0) is 11.5. The van der Waals surface area contributed by atoms with Crippen LogP contribution in [-0.4, -0.2) is 19.3 Å². The summed E-state index contributed by atoms with van der Waals surface area (Å²) in [5.41, 5.74) is 4.85. The van der Waals surface area contributed by atoms with Gasteiger partial charge in [-0.2, -0.15) is 5.10 Å². The van der Waals surface area contributed by atoms with Crippen LogP contribution in [0.2, 0.25) is 0 Å². The van der Waals surface area contributed by atoms with E-state index in [-0.39, 0.29) is 6.04 Å². The Kier molecular flexibility index (Phi) is 3.02. The summed E-state index contributed by atoms with van der Waals surface area (Å²) in [6.45, 7) is 2.87. The minimum Gasteiger partial charge on any atom is -0.336 e. The molecule has 0 bridgehead atoms. The zero-order valence-corrected chi connectivity index (χ0v) is 9.46. The summed E-state index contributed by atoms with van der Waals surface area (Å²) in [4.78, 5) is 4.09. The molecule has 0 aromatic carbocycles. The van der Waals surface area contributed by atoms with Crippen LogP contribution in [0.15, 0.2) is 24.8 Å². The van der Waals surface area contributed by atoms with E-state index >= 15 is 0 Å². The predicted molar refractivity (Wildman–Crippen MR) is 60.3 cm³/mol. The molecule has 6 heteroatoms. The number of hydrogen-bond donors (Lipinski definition) is 2. The van der Waals surface area contributed by atoms with Crippen molar-refractivity contribution in [3.8, 4) is 0 Å². The number of hydrogen-bond acceptors (Lipinski definition) is 4. The third-order valence-electron chi connectivity index (χ3n) is 2.66. The Balaban J connectivity index is 2.40. The quantitative estimate of drug-likeness (QED) is 0.570. The van der Waals surface area contributed by atoms with Crippen LogP contribution >= 0.6 is 0 Å². The SMILES string of the molecule is CCn1nccc1C(NN)c1cncn1C. The number of hydrazine groups is 1. The largest absolute Gasteiger partial charge is 0.336 e. The second-order valence-corrected chi connectivity index (χ2v) is 3.60. The number of rotatable bonds is 4. The van der Waals surface area contributed by atoms with Gasteiger partial charge in [0.1, 0.15) is 6.04 Å². The fourth-order valence-corrected chi connectivity index (χ4v) is 1.82. The first-order chi connectivity index (χ1) is 7.77. The minimum absolute atomic E-state index is 0.0880. The normalized spacial score (nSPS) is 12.9. The van der Waals surface area contributed by atoms with Crippen molar-refractivity contribution < 1.29 is 0 Å². The Hall–Kier alpha value is -1.66. The van der Waals surface area contributed by atoms with Gasteiger partial charge < -0.3 is 4.57 Å². The monoisotopic (exact) mass is 220 g/mol. The van der Waals surface area contributed by atoms with Crippen molar-refractivity contribution >= 4 is 0 Å². The molecule has 0 amide bonds.